The smallest absolute Gasteiger partial charge is 0.266 e. The van der Waals surface area contributed by atoms with E-state index in [1.54, 1.807) is 11.0 Å². The molecule has 150 valence electrons. The van der Waals surface area contributed by atoms with Crippen LogP contribution in [0.5, 0.6) is 0 Å². The van der Waals surface area contributed by atoms with Crippen molar-refractivity contribution in [1.82, 2.24) is 10.2 Å². The number of amides is 2. The molecule has 1 fully saturated rings. The Morgan fingerprint density at radius 3 is 2.37 bits per heavy atom. The molecule has 0 aliphatic carbocycles. The molecule has 1 N–H and O–H groups in total. The Kier molecular flexibility index (Phi) is 5.44. The van der Waals surface area contributed by atoms with Crippen molar-refractivity contribution in [2.24, 2.45) is 4.99 Å². The topological polar surface area (TPSA) is 85.6 Å². The maximum atomic E-state index is 13.0. The molecule has 2 heterocycles. The molecule has 2 aromatic carbocycles. The van der Waals surface area contributed by atoms with Crippen LogP contribution in [-0.2, 0) is 4.79 Å². The molecule has 0 saturated carbocycles. The van der Waals surface area contributed by atoms with E-state index in [4.69, 9.17) is 0 Å². The van der Waals surface area contributed by atoms with Gasteiger partial charge in [-0.15, -0.1) is 0 Å². The van der Waals surface area contributed by atoms with Crippen LogP contribution in [0.15, 0.2) is 59.1 Å². The summed E-state index contributed by atoms with van der Waals surface area (Å²) in [5, 5.41) is 12.6. The van der Waals surface area contributed by atoms with Gasteiger partial charge >= 0.3 is 0 Å². The minimum Gasteiger partial charge on any atom is -0.338 e. The van der Waals surface area contributed by atoms with E-state index in [0.717, 1.165) is 24.8 Å². The van der Waals surface area contributed by atoms with E-state index >= 15 is 0 Å². The van der Waals surface area contributed by atoms with Crippen LogP contribution in [-0.4, -0.2) is 35.6 Å². The minimum atomic E-state index is -0.294. The lowest BCUT2D eigenvalue weighted by Gasteiger charge is -2.26. The van der Waals surface area contributed by atoms with E-state index < -0.39 is 0 Å². The molecule has 0 unspecified atom stereocenters. The first-order chi connectivity index (χ1) is 14.6. The van der Waals surface area contributed by atoms with Gasteiger partial charge in [0.25, 0.3) is 11.8 Å². The van der Waals surface area contributed by atoms with Crippen LogP contribution in [0, 0.1) is 18.3 Å². The lowest BCUT2D eigenvalue weighted by atomic mass is 10.0. The number of hydrogen-bond donors (Lipinski definition) is 1. The van der Waals surface area contributed by atoms with E-state index in [1.807, 2.05) is 49.4 Å². The SMILES string of the molecule is Cc1ccccc1C(=O)NC1=NC(=C(C#N)C(=O)N2CCCCC2)c2ccccc21. The lowest BCUT2D eigenvalue weighted by Crippen LogP contribution is -2.36. The van der Waals surface area contributed by atoms with Gasteiger partial charge in [-0.3, -0.25) is 9.59 Å². The highest BCUT2D eigenvalue weighted by atomic mass is 16.2. The third-order valence-corrected chi connectivity index (χ3v) is 5.49. The fourth-order valence-electron chi connectivity index (χ4n) is 3.87. The van der Waals surface area contributed by atoms with Crippen molar-refractivity contribution in [2.75, 3.05) is 13.1 Å². The van der Waals surface area contributed by atoms with Crippen molar-refractivity contribution in [2.45, 2.75) is 26.2 Å². The third kappa shape index (κ3) is 3.62. The molecule has 6 nitrogen and oxygen atoms in total. The molecule has 2 aliphatic rings. The van der Waals surface area contributed by atoms with Crippen LogP contribution < -0.4 is 5.32 Å². The molecule has 2 aromatic rings. The third-order valence-electron chi connectivity index (χ3n) is 5.49. The Labute approximate surface area is 175 Å². The highest BCUT2D eigenvalue weighted by molar-refractivity contribution is 6.20. The van der Waals surface area contributed by atoms with Gasteiger partial charge in [-0.2, -0.15) is 5.26 Å². The van der Waals surface area contributed by atoms with Crippen molar-refractivity contribution < 1.29 is 9.59 Å². The highest BCUT2D eigenvalue weighted by Crippen LogP contribution is 2.31. The molecule has 4 rings (SSSR count). The van der Waals surface area contributed by atoms with Gasteiger partial charge in [0.1, 0.15) is 17.5 Å². The maximum Gasteiger partial charge on any atom is 0.266 e. The first-order valence-electron chi connectivity index (χ1n) is 10.1. The number of nitriles is 1. The number of carbonyl (C=O) groups excluding carboxylic acids is 2. The predicted molar refractivity (Wildman–Crippen MR) is 115 cm³/mol. The fourth-order valence-corrected chi connectivity index (χ4v) is 3.87. The Bertz CT molecular complexity index is 1120. The summed E-state index contributed by atoms with van der Waals surface area (Å²) < 4.78 is 0. The number of piperidine rings is 1. The summed E-state index contributed by atoms with van der Waals surface area (Å²) in [6, 6.07) is 16.7. The molecule has 6 heteroatoms. The fraction of sp³-hybridized carbons (Fsp3) is 0.250. The molecular formula is C24H22N4O2. The second-order valence-corrected chi connectivity index (χ2v) is 7.46. The second kappa shape index (κ2) is 8.34. The zero-order valence-electron chi connectivity index (χ0n) is 16.8. The number of fused-ring (bicyclic) bond motifs is 1. The number of aryl methyl sites for hydroxylation is 1. The van der Waals surface area contributed by atoms with Crippen LogP contribution in [0.4, 0.5) is 0 Å². The molecule has 30 heavy (non-hydrogen) atoms. The minimum absolute atomic E-state index is 0.0180. The maximum absolute atomic E-state index is 13.0. The number of nitrogens with one attached hydrogen (secondary N) is 1. The number of aliphatic imine (C=N–C) groups is 1. The van der Waals surface area contributed by atoms with E-state index in [-0.39, 0.29) is 17.4 Å². The Balaban J connectivity index is 1.72. The number of amidine groups is 1. The van der Waals surface area contributed by atoms with Gasteiger partial charge in [0.05, 0.1) is 5.70 Å². The summed E-state index contributed by atoms with van der Waals surface area (Å²) in [4.78, 5) is 32.1. The average Bonchev–Trinajstić information content (AvgIpc) is 3.13. The molecule has 0 bridgehead atoms. The summed E-state index contributed by atoms with van der Waals surface area (Å²) in [5.74, 6) is -0.214. The quantitative estimate of drug-likeness (QED) is 0.621. The van der Waals surface area contributed by atoms with Crippen LogP contribution in [0.25, 0.3) is 5.70 Å². The van der Waals surface area contributed by atoms with E-state index in [9.17, 15) is 14.9 Å². The molecule has 1 saturated heterocycles. The zero-order chi connectivity index (χ0) is 21.1. The van der Waals surface area contributed by atoms with Crippen molar-refractivity contribution >= 4 is 23.3 Å². The number of carbonyl (C=O) groups is 2. The van der Waals surface area contributed by atoms with Gasteiger partial charge in [0.15, 0.2) is 0 Å². The monoisotopic (exact) mass is 398 g/mol. The molecule has 0 atom stereocenters. The van der Waals surface area contributed by atoms with Crippen LogP contribution in [0.2, 0.25) is 0 Å². The van der Waals surface area contributed by atoms with E-state index in [0.29, 0.717) is 41.3 Å². The van der Waals surface area contributed by atoms with Gasteiger partial charge in [-0.1, -0.05) is 42.5 Å². The number of benzene rings is 2. The molecule has 0 radical (unpaired) electrons. The lowest BCUT2D eigenvalue weighted by molar-refractivity contribution is -0.127. The number of hydrogen-bond acceptors (Lipinski definition) is 4. The molecule has 0 spiro atoms. The van der Waals surface area contributed by atoms with Crippen LogP contribution in [0.3, 0.4) is 0 Å². The van der Waals surface area contributed by atoms with Gasteiger partial charge in [0.2, 0.25) is 0 Å². The zero-order valence-corrected chi connectivity index (χ0v) is 16.8. The summed E-state index contributed by atoms with van der Waals surface area (Å²) in [7, 11) is 0. The molecule has 2 amide bonds. The Morgan fingerprint density at radius 1 is 1.00 bits per heavy atom. The first-order valence-corrected chi connectivity index (χ1v) is 10.1. The van der Waals surface area contributed by atoms with Crippen molar-refractivity contribution in [3.63, 3.8) is 0 Å². The molecular weight excluding hydrogens is 376 g/mol. The van der Waals surface area contributed by atoms with E-state index in [1.165, 1.54) is 0 Å². The van der Waals surface area contributed by atoms with Gasteiger partial charge < -0.3 is 10.2 Å². The second-order valence-electron chi connectivity index (χ2n) is 7.46. The number of rotatable bonds is 2. The normalized spacial score (nSPS) is 16.9. The van der Waals surface area contributed by atoms with Gasteiger partial charge in [0, 0.05) is 29.8 Å². The summed E-state index contributed by atoms with van der Waals surface area (Å²) >= 11 is 0. The van der Waals surface area contributed by atoms with E-state index in [2.05, 4.69) is 16.4 Å². The Morgan fingerprint density at radius 2 is 1.67 bits per heavy atom. The standard InChI is InChI=1S/C24H22N4O2/c1-16-9-3-4-10-17(16)23(29)27-22-19-12-6-5-11-18(19)21(26-22)20(15-25)24(30)28-13-7-2-8-14-28/h3-6,9-12H,2,7-8,13-14H2,1H3,(H,26,27,29). The highest BCUT2D eigenvalue weighted by Gasteiger charge is 2.30. The summed E-state index contributed by atoms with van der Waals surface area (Å²) in [6.07, 6.45) is 2.98. The van der Waals surface area contributed by atoms with Gasteiger partial charge in [-0.05, 0) is 37.8 Å². The number of nitrogens with zero attached hydrogens (tertiary/aromatic N) is 3. The summed E-state index contributed by atoms with van der Waals surface area (Å²) in [5.41, 5.74) is 3.14. The first kappa shape index (κ1) is 19.6. The molecule has 2 aliphatic heterocycles. The van der Waals surface area contributed by atoms with Crippen molar-refractivity contribution in [3.8, 4) is 6.07 Å². The van der Waals surface area contributed by atoms with Gasteiger partial charge in [-0.25, -0.2) is 4.99 Å². The average molecular weight is 398 g/mol. The molecule has 0 aromatic heterocycles. The largest absolute Gasteiger partial charge is 0.338 e. The van der Waals surface area contributed by atoms with Crippen LogP contribution >= 0.6 is 0 Å². The number of likely N-dealkylation sites (tertiary alicyclic amines) is 1. The van der Waals surface area contributed by atoms with Crippen molar-refractivity contribution in [1.29, 1.82) is 5.26 Å². The Hall–Kier alpha value is -3.72. The summed E-state index contributed by atoms with van der Waals surface area (Å²) in [6.45, 7) is 3.18. The van der Waals surface area contributed by atoms with Crippen LogP contribution in [0.1, 0.15) is 46.3 Å². The van der Waals surface area contributed by atoms with Crippen molar-refractivity contribution in [3.05, 3.63) is 76.4 Å². The predicted octanol–water partition coefficient (Wildman–Crippen LogP) is 3.43.